The van der Waals surface area contributed by atoms with E-state index in [1.807, 2.05) is 19.1 Å². The van der Waals surface area contributed by atoms with Crippen molar-refractivity contribution in [3.63, 3.8) is 0 Å². The van der Waals surface area contributed by atoms with Gasteiger partial charge >= 0.3 is 0 Å². The third-order valence-corrected chi connectivity index (χ3v) is 4.10. The summed E-state index contributed by atoms with van der Waals surface area (Å²) in [5.41, 5.74) is 2.97. The molecule has 0 aliphatic carbocycles. The Kier molecular flexibility index (Phi) is 3.52. The molecule has 2 heterocycles. The number of rotatable bonds is 1. The number of nitrogens with one attached hydrogen (secondary N) is 1. The minimum atomic E-state index is 0.140. The number of morpholine rings is 1. The Labute approximate surface area is 114 Å². The lowest BCUT2D eigenvalue weighted by atomic mass is 10.00. The van der Waals surface area contributed by atoms with E-state index >= 15 is 0 Å². The van der Waals surface area contributed by atoms with Gasteiger partial charge in [0.15, 0.2) is 0 Å². The second kappa shape index (κ2) is 5.30. The third-order valence-electron chi connectivity index (χ3n) is 4.10. The molecule has 2 aliphatic rings. The quantitative estimate of drug-likeness (QED) is 0.821. The van der Waals surface area contributed by atoms with Gasteiger partial charge in [-0.25, -0.2) is 0 Å². The van der Waals surface area contributed by atoms with E-state index in [0.29, 0.717) is 6.04 Å². The Hall–Kier alpha value is -1.41. The van der Waals surface area contributed by atoms with Crippen LogP contribution >= 0.6 is 0 Å². The molecule has 2 saturated heterocycles. The van der Waals surface area contributed by atoms with E-state index in [0.717, 1.165) is 43.9 Å². The Morgan fingerprint density at radius 3 is 3.16 bits per heavy atom. The number of nitriles is 1. The second-order valence-electron chi connectivity index (χ2n) is 5.36. The van der Waals surface area contributed by atoms with Gasteiger partial charge in [-0.3, -0.25) is 4.90 Å². The Bertz CT molecular complexity index is 509. The van der Waals surface area contributed by atoms with Gasteiger partial charge in [0.25, 0.3) is 0 Å². The smallest absolute Gasteiger partial charge is 0.0994 e. The first-order chi connectivity index (χ1) is 9.28. The summed E-state index contributed by atoms with van der Waals surface area (Å²) in [6.07, 6.45) is 0.140. The average molecular weight is 257 g/mol. The molecule has 4 heteroatoms. The average Bonchev–Trinajstić information content (AvgIpc) is 2.46. The van der Waals surface area contributed by atoms with Gasteiger partial charge in [0.2, 0.25) is 0 Å². The standard InChI is InChI=1S/C15H19N3O/c1-11-6-12(2-3-13(11)7-16)15-9-18-5-4-17-8-14(18)10-19-15/h2-3,6,14-15,17H,4-5,8-10H2,1H3/t14-,15+/m0/s1. The molecule has 0 unspecified atom stereocenters. The lowest BCUT2D eigenvalue weighted by Gasteiger charge is -2.42. The van der Waals surface area contributed by atoms with Crippen molar-refractivity contribution in [2.45, 2.75) is 19.1 Å². The first kappa shape index (κ1) is 12.6. The van der Waals surface area contributed by atoms with Crippen LogP contribution in [0.3, 0.4) is 0 Å². The lowest BCUT2D eigenvalue weighted by molar-refractivity contribution is -0.0717. The molecule has 3 rings (SSSR count). The largest absolute Gasteiger partial charge is 0.371 e. The number of ether oxygens (including phenoxy) is 1. The molecule has 1 aromatic rings. The van der Waals surface area contributed by atoms with Crippen LogP contribution in [-0.4, -0.2) is 43.7 Å². The maximum Gasteiger partial charge on any atom is 0.0994 e. The summed E-state index contributed by atoms with van der Waals surface area (Å²) in [6.45, 7) is 6.92. The van der Waals surface area contributed by atoms with Crippen LogP contribution < -0.4 is 5.32 Å². The Balaban J connectivity index is 1.76. The van der Waals surface area contributed by atoms with Gasteiger partial charge in [-0.2, -0.15) is 5.26 Å². The summed E-state index contributed by atoms with van der Waals surface area (Å²) in [4.78, 5) is 2.51. The van der Waals surface area contributed by atoms with Gasteiger partial charge in [0, 0.05) is 32.2 Å². The van der Waals surface area contributed by atoms with Gasteiger partial charge in [0.05, 0.1) is 24.3 Å². The summed E-state index contributed by atoms with van der Waals surface area (Å²) in [7, 11) is 0. The highest BCUT2D eigenvalue weighted by Gasteiger charge is 2.31. The van der Waals surface area contributed by atoms with Crippen molar-refractivity contribution in [2.24, 2.45) is 0 Å². The third kappa shape index (κ3) is 2.50. The second-order valence-corrected chi connectivity index (χ2v) is 5.36. The molecular formula is C15H19N3O. The molecular weight excluding hydrogens is 238 g/mol. The fourth-order valence-corrected chi connectivity index (χ4v) is 2.91. The summed E-state index contributed by atoms with van der Waals surface area (Å²) < 4.78 is 6.00. The first-order valence-electron chi connectivity index (χ1n) is 6.85. The molecule has 1 N–H and O–H groups in total. The zero-order chi connectivity index (χ0) is 13.2. The number of nitrogens with zero attached hydrogens (tertiary/aromatic N) is 2. The van der Waals surface area contributed by atoms with Crippen LogP contribution in [-0.2, 0) is 4.74 Å². The molecule has 0 radical (unpaired) electrons. The maximum atomic E-state index is 8.98. The molecule has 1 aromatic carbocycles. The zero-order valence-electron chi connectivity index (χ0n) is 11.2. The summed E-state index contributed by atoms with van der Waals surface area (Å²) >= 11 is 0. The lowest BCUT2D eigenvalue weighted by Crippen LogP contribution is -2.57. The molecule has 100 valence electrons. The Morgan fingerprint density at radius 2 is 2.37 bits per heavy atom. The van der Waals surface area contributed by atoms with Gasteiger partial charge in [0.1, 0.15) is 0 Å². The molecule has 2 fully saturated rings. The van der Waals surface area contributed by atoms with Crippen LogP contribution in [0.5, 0.6) is 0 Å². The van der Waals surface area contributed by atoms with E-state index in [-0.39, 0.29) is 6.10 Å². The molecule has 2 aliphatic heterocycles. The zero-order valence-corrected chi connectivity index (χ0v) is 11.2. The monoisotopic (exact) mass is 257 g/mol. The maximum absolute atomic E-state index is 8.98. The SMILES string of the molecule is Cc1cc([C@H]2CN3CCNC[C@H]3CO2)ccc1C#N. The fraction of sp³-hybridized carbons (Fsp3) is 0.533. The number of hydrogen-bond donors (Lipinski definition) is 1. The molecule has 0 bridgehead atoms. The van der Waals surface area contributed by atoms with Crippen molar-refractivity contribution in [2.75, 3.05) is 32.8 Å². The summed E-state index contributed by atoms with van der Waals surface area (Å²) in [6, 6.07) is 8.75. The van der Waals surface area contributed by atoms with Crippen LogP contribution in [0.4, 0.5) is 0 Å². The van der Waals surface area contributed by atoms with E-state index in [1.165, 1.54) is 5.56 Å². The predicted molar refractivity (Wildman–Crippen MR) is 72.8 cm³/mol. The minimum Gasteiger partial charge on any atom is -0.371 e. The van der Waals surface area contributed by atoms with Crippen molar-refractivity contribution in [1.82, 2.24) is 10.2 Å². The first-order valence-corrected chi connectivity index (χ1v) is 6.85. The van der Waals surface area contributed by atoms with Crippen molar-refractivity contribution >= 4 is 0 Å². The Morgan fingerprint density at radius 1 is 1.47 bits per heavy atom. The van der Waals surface area contributed by atoms with E-state index in [9.17, 15) is 0 Å². The molecule has 19 heavy (non-hydrogen) atoms. The summed E-state index contributed by atoms with van der Waals surface area (Å²) in [5.74, 6) is 0. The predicted octanol–water partition coefficient (Wildman–Crippen LogP) is 1.21. The van der Waals surface area contributed by atoms with E-state index in [4.69, 9.17) is 10.00 Å². The van der Waals surface area contributed by atoms with Crippen molar-refractivity contribution in [1.29, 1.82) is 5.26 Å². The molecule has 0 aromatic heterocycles. The number of hydrogen-bond acceptors (Lipinski definition) is 4. The van der Waals surface area contributed by atoms with E-state index < -0.39 is 0 Å². The van der Waals surface area contributed by atoms with Crippen molar-refractivity contribution < 1.29 is 4.74 Å². The van der Waals surface area contributed by atoms with Gasteiger partial charge in [-0.05, 0) is 24.1 Å². The van der Waals surface area contributed by atoms with Gasteiger partial charge in [-0.1, -0.05) is 12.1 Å². The molecule has 0 spiro atoms. The van der Waals surface area contributed by atoms with Crippen LogP contribution in [0, 0.1) is 18.3 Å². The molecule has 0 saturated carbocycles. The highest BCUT2D eigenvalue weighted by Crippen LogP contribution is 2.26. The van der Waals surface area contributed by atoms with Gasteiger partial charge in [-0.15, -0.1) is 0 Å². The van der Waals surface area contributed by atoms with Crippen molar-refractivity contribution in [3.8, 4) is 6.07 Å². The number of fused-ring (bicyclic) bond motifs is 1. The molecule has 2 atom stereocenters. The van der Waals surface area contributed by atoms with Gasteiger partial charge < -0.3 is 10.1 Å². The van der Waals surface area contributed by atoms with Crippen LogP contribution in [0.2, 0.25) is 0 Å². The minimum absolute atomic E-state index is 0.140. The number of benzene rings is 1. The van der Waals surface area contributed by atoms with Crippen LogP contribution in [0.15, 0.2) is 18.2 Å². The van der Waals surface area contributed by atoms with E-state index in [2.05, 4.69) is 22.4 Å². The number of piperazine rings is 1. The van der Waals surface area contributed by atoms with E-state index in [1.54, 1.807) is 0 Å². The molecule has 0 amide bonds. The van der Waals surface area contributed by atoms with Crippen molar-refractivity contribution in [3.05, 3.63) is 34.9 Å². The molecule has 4 nitrogen and oxygen atoms in total. The van der Waals surface area contributed by atoms with Crippen LogP contribution in [0.25, 0.3) is 0 Å². The highest BCUT2D eigenvalue weighted by atomic mass is 16.5. The normalized spacial score (nSPS) is 27.6. The number of aryl methyl sites for hydroxylation is 1. The summed E-state index contributed by atoms with van der Waals surface area (Å²) in [5, 5.41) is 12.4. The highest BCUT2D eigenvalue weighted by molar-refractivity contribution is 5.40. The fourth-order valence-electron chi connectivity index (χ4n) is 2.91. The van der Waals surface area contributed by atoms with Crippen LogP contribution in [0.1, 0.15) is 22.8 Å². The topological polar surface area (TPSA) is 48.3 Å².